The number of unbranched alkanes of at least 4 members (excludes halogenated alkanes) is 1. The molecule has 0 saturated heterocycles. The Morgan fingerprint density at radius 3 is 2.17 bits per heavy atom. The van der Waals surface area contributed by atoms with Gasteiger partial charge >= 0.3 is 5.97 Å². The molecule has 3 N–H and O–H groups in total. The second-order valence-electron chi connectivity index (χ2n) is 6.94. The minimum Gasteiger partial charge on any atom is -0.481 e. The lowest BCUT2D eigenvalue weighted by Crippen LogP contribution is -2.43. The summed E-state index contributed by atoms with van der Waals surface area (Å²) in [6.45, 7) is 0.0547. The summed E-state index contributed by atoms with van der Waals surface area (Å²) in [6.07, 6.45) is 3.50. The molecule has 2 rings (SSSR count). The first-order chi connectivity index (χ1) is 14.0. The van der Waals surface area contributed by atoms with Gasteiger partial charge in [0.05, 0.1) is 12.5 Å². The summed E-state index contributed by atoms with van der Waals surface area (Å²) in [4.78, 5) is 23.1. The van der Waals surface area contributed by atoms with Gasteiger partial charge in [0.1, 0.15) is 7.95 Å². The van der Waals surface area contributed by atoms with Gasteiger partial charge in [-0.3, -0.25) is 14.7 Å². The molecule has 0 aromatic heterocycles. The predicted molar refractivity (Wildman–Crippen MR) is 116 cm³/mol. The van der Waals surface area contributed by atoms with Crippen molar-refractivity contribution in [1.29, 1.82) is 0 Å². The molecule has 2 atom stereocenters. The van der Waals surface area contributed by atoms with Crippen LogP contribution in [0.2, 0.25) is 0 Å². The van der Waals surface area contributed by atoms with Gasteiger partial charge in [0, 0.05) is 12.7 Å². The molecule has 0 bridgehead atoms. The highest BCUT2D eigenvalue weighted by molar-refractivity contribution is 7.42. The Kier molecular flexibility index (Phi) is 10.2. The highest BCUT2D eigenvalue weighted by Gasteiger charge is 2.20. The standard InChI is InChI=1S/C22H29N2O4P/c25-21(26)14-15-23-22(27)20(17-19-12-5-2-6-13-19)24-29(28)16-8-7-11-18-9-3-1-4-10-18/h1-6,9-10,12-13,20,29H,7-8,11,14-17H2,(H,23,27)(H,24,28)(H,25,26)/t20-/m0/s1. The highest BCUT2D eigenvalue weighted by atomic mass is 31.1. The van der Waals surface area contributed by atoms with Crippen LogP contribution in [0.3, 0.4) is 0 Å². The maximum Gasteiger partial charge on any atom is 0.305 e. The predicted octanol–water partition coefficient (Wildman–Crippen LogP) is 3.28. The number of benzene rings is 2. The lowest BCUT2D eigenvalue weighted by Gasteiger charge is -2.18. The van der Waals surface area contributed by atoms with Crippen LogP contribution < -0.4 is 10.4 Å². The molecule has 0 saturated carbocycles. The number of nitrogens with one attached hydrogen (secondary N) is 2. The first kappa shape index (κ1) is 22.9. The average Bonchev–Trinajstić information content (AvgIpc) is 2.72. The largest absolute Gasteiger partial charge is 0.481 e. The Morgan fingerprint density at radius 1 is 0.931 bits per heavy atom. The van der Waals surface area contributed by atoms with Crippen LogP contribution in [0.15, 0.2) is 60.7 Å². The molecule has 0 aliphatic rings. The smallest absolute Gasteiger partial charge is 0.305 e. The Labute approximate surface area is 172 Å². The fourth-order valence-electron chi connectivity index (χ4n) is 3.00. The molecule has 0 spiro atoms. The van der Waals surface area contributed by atoms with E-state index >= 15 is 0 Å². The maximum absolute atomic E-state index is 12.5. The summed E-state index contributed by atoms with van der Waals surface area (Å²) in [6, 6.07) is 19.0. The van der Waals surface area contributed by atoms with Crippen molar-refractivity contribution in [1.82, 2.24) is 10.4 Å². The summed E-state index contributed by atoms with van der Waals surface area (Å²) in [7, 11) is -2.12. The van der Waals surface area contributed by atoms with Crippen LogP contribution in [-0.4, -0.2) is 35.7 Å². The van der Waals surface area contributed by atoms with E-state index in [2.05, 4.69) is 22.5 Å². The molecule has 0 radical (unpaired) electrons. The van der Waals surface area contributed by atoms with Gasteiger partial charge in [-0.15, -0.1) is 0 Å². The molecule has 0 aliphatic carbocycles. The van der Waals surface area contributed by atoms with Crippen LogP contribution in [0.5, 0.6) is 0 Å². The number of carboxylic acids is 1. The molecule has 156 valence electrons. The molecule has 6 nitrogen and oxygen atoms in total. The Morgan fingerprint density at radius 2 is 1.55 bits per heavy atom. The van der Waals surface area contributed by atoms with Crippen LogP contribution in [-0.2, 0) is 27.0 Å². The minimum atomic E-state index is -2.12. The second-order valence-corrected chi connectivity index (χ2v) is 8.57. The quantitative estimate of drug-likeness (QED) is 0.344. The van der Waals surface area contributed by atoms with Gasteiger partial charge in [-0.05, 0) is 36.8 Å². The van der Waals surface area contributed by atoms with E-state index in [1.165, 1.54) is 5.56 Å². The molecular weight excluding hydrogens is 387 g/mol. The van der Waals surface area contributed by atoms with Gasteiger partial charge < -0.3 is 15.0 Å². The third-order valence-electron chi connectivity index (χ3n) is 4.53. The third-order valence-corrected chi connectivity index (χ3v) is 6.01. The molecule has 2 aromatic rings. The topological polar surface area (TPSA) is 95.5 Å². The molecule has 29 heavy (non-hydrogen) atoms. The van der Waals surface area contributed by atoms with Gasteiger partial charge in [0.2, 0.25) is 5.91 Å². The summed E-state index contributed by atoms with van der Waals surface area (Å²) in [5.74, 6) is -1.29. The van der Waals surface area contributed by atoms with Gasteiger partial charge in [-0.1, -0.05) is 60.7 Å². The van der Waals surface area contributed by atoms with Crippen molar-refractivity contribution < 1.29 is 19.3 Å². The zero-order valence-corrected chi connectivity index (χ0v) is 17.5. The Bertz CT molecular complexity index is 784. The van der Waals surface area contributed by atoms with E-state index in [9.17, 15) is 14.2 Å². The number of hydrogen-bond donors (Lipinski definition) is 3. The second kappa shape index (κ2) is 12.9. The lowest BCUT2D eigenvalue weighted by molar-refractivity contribution is -0.137. The Hall–Kier alpha value is -2.43. The van der Waals surface area contributed by atoms with Gasteiger partial charge in [-0.2, -0.15) is 0 Å². The lowest BCUT2D eigenvalue weighted by atomic mass is 10.1. The van der Waals surface area contributed by atoms with E-state index in [-0.39, 0.29) is 18.9 Å². The van der Waals surface area contributed by atoms with Crippen molar-refractivity contribution in [3.8, 4) is 0 Å². The number of rotatable bonds is 13. The van der Waals surface area contributed by atoms with Crippen molar-refractivity contribution in [2.75, 3.05) is 12.7 Å². The first-order valence-corrected chi connectivity index (χ1v) is 11.5. The molecule has 0 fully saturated rings. The summed E-state index contributed by atoms with van der Waals surface area (Å²) in [5.41, 5.74) is 2.22. The van der Waals surface area contributed by atoms with E-state index in [0.717, 1.165) is 24.8 Å². The molecule has 0 heterocycles. The van der Waals surface area contributed by atoms with Crippen LogP contribution >= 0.6 is 7.95 Å². The average molecular weight is 416 g/mol. The highest BCUT2D eigenvalue weighted by Crippen LogP contribution is 2.20. The van der Waals surface area contributed by atoms with E-state index in [4.69, 9.17) is 5.11 Å². The van der Waals surface area contributed by atoms with Crippen LogP contribution in [0, 0.1) is 0 Å². The number of amides is 1. The van der Waals surface area contributed by atoms with Crippen LogP contribution in [0.25, 0.3) is 0 Å². The molecule has 2 aromatic carbocycles. The molecule has 7 heteroatoms. The minimum absolute atomic E-state index is 0.0547. The Balaban J connectivity index is 1.83. The summed E-state index contributed by atoms with van der Waals surface area (Å²) in [5, 5.41) is 14.3. The number of carbonyl (C=O) groups excluding carboxylic acids is 1. The normalized spacial score (nSPS) is 12.8. The van der Waals surface area contributed by atoms with Crippen molar-refractivity contribution in [2.24, 2.45) is 0 Å². The number of hydrogen-bond acceptors (Lipinski definition) is 3. The fraction of sp³-hybridized carbons (Fsp3) is 0.364. The zero-order chi connectivity index (χ0) is 20.9. The maximum atomic E-state index is 12.5. The number of aliphatic carboxylic acids is 1. The van der Waals surface area contributed by atoms with Crippen LogP contribution in [0.4, 0.5) is 0 Å². The van der Waals surface area contributed by atoms with E-state index in [1.807, 2.05) is 48.5 Å². The van der Waals surface area contributed by atoms with Crippen LogP contribution in [0.1, 0.15) is 30.4 Å². The zero-order valence-electron chi connectivity index (χ0n) is 16.5. The van der Waals surface area contributed by atoms with Crippen molar-refractivity contribution in [2.45, 2.75) is 38.1 Å². The molecule has 0 aliphatic heterocycles. The van der Waals surface area contributed by atoms with Gasteiger partial charge in [0.15, 0.2) is 0 Å². The number of carbonyl (C=O) groups is 2. The third kappa shape index (κ3) is 9.55. The molecular formula is C22H29N2O4P. The monoisotopic (exact) mass is 416 g/mol. The number of carboxylic acid groups (broad SMARTS) is 1. The van der Waals surface area contributed by atoms with Crippen molar-refractivity contribution in [3.63, 3.8) is 0 Å². The van der Waals surface area contributed by atoms with Crippen molar-refractivity contribution in [3.05, 3.63) is 71.8 Å². The first-order valence-electron chi connectivity index (χ1n) is 9.91. The van der Waals surface area contributed by atoms with E-state index in [0.29, 0.717) is 12.6 Å². The molecule has 1 unspecified atom stereocenters. The van der Waals surface area contributed by atoms with Gasteiger partial charge in [-0.25, -0.2) is 0 Å². The summed E-state index contributed by atoms with van der Waals surface area (Å²) >= 11 is 0. The van der Waals surface area contributed by atoms with E-state index < -0.39 is 20.0 Å². The SMILES string of the molecule is O=C(O)CCNC(=O)[C@H](Cc1ccccc1)N[PH](=O)CCCCc1ccccc1. The van der Waals surface area contributed by atoms with Crippen molar-refractivity contribution >= 4 is 19.8 Å². The van der Waals surface area contributed by atoms with E-state index in [1.54, 1.807) is 0 Å². The molecule has 1 amide bonds. The van der Waals surface area contributed by atoms with Gasteiger partial charge in [0.25, 0.3) is 0 Å². The number of aryl methyl sites for hydroxylation is 1. The fourth-order valence-corrected chi connectivity index (χ4v) is 4.34. The summed E-state index contributed by atoms with van der Waals surface area (Å²) < 4.78 is 12.5.